The lowest BCUT2D eigenvalue weighted by Gasteiger charge is -2.26. The molecule has 6 heteroatoms. The summed E-state index contributed by atoms with van der Waals surface area (Å²) >= 11 is 1.43. The van der Waals surface area contributed by atoms with Gasteiger partial charge in [-0.05, 0) is 19.8 Å². The molecule has 1 aromatic rings. The van der Waals surface area contributed by atoms with Crippen LogP contribution in [-0.2, 0) is 0 Å². The van der Waals surface area contributed by atoms with Crippen LogP contribution in [-0.4, -0.2) is 28.3 Å². The van der Waals surface area contributed by atoms with E-state index in [0.29, 0.717) is 11.7 Å². The molecule has 1 heterocycles. The molecule has 5 nitrogen and oxygen atoms in total. The van der Waals surface area contributed by atoms with Gasteiger partial charge in [-0.3, -0.25) is 5.32 Å². The van der Waals surface area contributed by atoms with Crippen LogP contribution in [0.4, 0.5) is 9.93 Å². The minimum absolute atomic E-state index is 0.299. The average Bonchev–Trinajstić information content (AvgIpc) is 2.64. The van der Waals surface area contributed by atoms with Gasteiger partial charge in [-0.2, -0.15) is 0 Å². The van der Waals surface area contributed by atoms with Gasteiger partial charge in [-0.25, -0.2) is 9.78 Å². The van der Waals surface area contributed by atoms with Gasteiger partial charge in [0.15, 0.2) is 5.13 Å². The molecule has 2 amide bonds. The molecule has 1 aliphatic rings. The van der Waals surface area contributed by atoms with Crippen LogP contribution < -0.4 is 10.6 Å². The molecule has 106 valence electrons. The lowest BCUT2D eigenvalue weighted by atomic mass is 9.95. The molecule has 0 spiro atoms. The number of carbonyl (C=O) groups excluding carboxylic acids is 1. The van der Waals surface area contributed by atoms with Gasteiger partial charge < -0.3 is 10.4 Å². The third kappa shape index (κ3) is 4.47. The molecule has 19 heavy (non-hydrogen) atoms. The number of nitrogens with one attached hydrogen (secondary N) is 2. The Morgan fingerprint density at radius 3 is 2.68 bits per heavy atom. The number of aliphatic hydroxyl groups is 1. The highest BCUT2D eigenvalue weighted by Crippen LogP contribution is 2.26. The maximum atomic E-state index is 11.7. The molecule has 0 atom stereocenters. The van der Waals surface area contributed by atoms with E-state index in [1.165, 1.54) is 24.2 Å². The van der Waals surface area contributed by atoms with Crippen LogP contribution in [0.2, 0.25) is 0 Å². The van der Waals surface area contributed by atoms with Crippen molar-refractivity contribution in [3.63, 3.8) is 0 Å². The fraction of sp³-hybridized carbons (Fsp3) is 0.692. The number of urea groups is 1. The third-order valence-corrected chi connectivity index (χ3v) is 4.28. The van der Waals surface area contributed by atoms with Crippen molar-refractivity contribution in [2.75, 3.05) is 11.9 Å². The second-order valence-electron chi connectivity index (χ2n) is 5.22. The van der Waals surface area contributed by atoms with E-state index in [9.17, 15) is 9.90 Å². The molecule has 0 aliphatic heterocycles. The SMILES string of the molecule is Cc1cnc(NC(=O)NCC2(O)CCCCCC2)s1. The Morgan fingerprint density at radius 2 is 2.11 bits per heavy atom. The number of amides is 2. The van der Waals surface area contributed by atoms with Crippen molar-refractivity contribution in [3.8, 4) is 0 Å². The van der Waals surface area contributed by atoms with Crippen molar-refractivity contribution in [2.24, 2.45) is 0 Å². The predicted molar refractivity (Wildman–Crippen MR) is 76.5 cm³/mol. The van der Waals surface area contributed by atoms with E-state index in [2.05, 4.69) is 15.6 Å². The zero-order valence-electron chi connectivity index (χ0n) is 11.2. The third-order valence-electron chi connectivity index (χ3n) is 3.45. The molecule has 0 bridgehead atoms. The minimum atomic E-state index is -0.743. The fourth-order valence-corrected chi connectivity index (χ4v) is 3.02. The standard InChI is InChI=1S/C13H21N3O2S/c1-10-8-14-12(19-10)16-11(17)15-9-13(18)6-4-2-3-5-7-13/h8,18H,2-7,9H2,1H3,(H2,14,15,16,17). The van der Waals surface area contributed by atoms with Crippen molar-refractivity contribution in [1.82, 2.24) is 10.3 Å². The van der Waals surface area contributed by atoms with Gasteiger partial charge >= 0.3 is 6.03 Å². The molecule has 0 unspecified atom stereocenters. The quantitative estimate of drug-likeness (QED) is 0.747. The van der Waals surface area contributed by atoms with Gasteiger partial charge in [0, 0.05) is 17.6 Å². The summed E-state index contributed by atoms with van der Waals surface area (Å²) in [5.74, 6) is 0. The van der Waals surface area contributed by atoms with Gasteiger partial charge in [0.05, 0.1) is 5.60 Å². The Morgan fingerprint density at radius 1 is 1.42 bits per heavy atom. The number of anilines is 1. The number of hydrogen-bond donors (Lipinski definition) is 3. The Labute approximate surface area is 117 Å². The summed E-state index contributed by atoms with van der Waals surface area (Å²) in [5.41, 5.74) is -0.743. The zero-order chi connectivity index (χ0) is 13.7. The number of aromatic nitrogens is 1. The van der Waals surface area contributed by atoms with Crippen molar-refractivity contribution < 1.29 is 9.90 Å². The van der Waals surface area contributed by atoms with Gasteiger partial charge in [0.2, 0.25) is 0 Å². The number of hydrogen-bond acceptors (Lipinski definition) is 4. The molecule has 1 fully saturated rings. The Hall–Kier alpha value is -1.14. The molecule has 0 saturated heterocycles. The summed E-state index contributed by atoms with van der Waals surface area (Å²) < 4.78 is 0. The van der Waals surface area contributed by atoms with Gasteiger partial charge in [-0.15, -0.1) is 11.3 Å². The van der Waals surface area contributed by atoms with Crippen LogP contribution in [0.25, 0.3) is 0 Å². The van der Waals surface area contributed by atoms with E-state index in [1.54, 1.807) is 6.20 Å². The summed E-state index contributed by atoms with van der Waals surface area (Å²) in [6.07, 6.45) is 7.67. The van der Waals surface area contributed by atoms with E-state index in [1.807, 2.05) is 6.92 Å². The van der Waals surface area contributed by atoms with E-state index in [4.69, 9.17) is 0 Å². The predicted octanol–water partition coefficient (Wildman–Crippen LogP) is 2.66. The van der Waals surface area contributed by atoms with Crippen molar-refractivity contribution in [1.29, 1.82) is 0 Å². The van der Waals surface area contributed by atoms with E-state index in [0.717, 1.165) is 30.6 Å². The molecular formula is C13H21N3O2S. The van der Waals surface area contributed by atoms with Crippen LogP contribution in [0.15, 0.2) is 6.20 Å². The Bertz CT molecular complexity index is 425. The lowest BCUT2D eigenvalue weighted by molar-refractivity contribution is 0.0281. The molecule has 1 saturated carbocycles. The first-order chi connectivity index (χ1) is 9.07. The van der Waals surface area contributed by atoms with E-state index < -0.39 is 5.60 Å². The molecule has 0 radical (unpaired) electrons. The van der Waals surface area contributed by atoms with Crippen LogP contribution in [0.1, 0.15) is 43.4 Å². The summed E-state index contributed by atoms with van der Waals surface area (Å²) in [4.78, 5) is 16.8. The highest BCUT2D eigenvalue weighted by molar-refractivity contribution is 7.15. The average molecular weight is 283 g/mol. The number of nitrogens with zero attached hydrogens (tertiary/aromatic N) is 1. The first-order valence-corrected chi connectivity index (χ1v) is 7.59. The largest absolute Gasteiger partial charge is 0.388 e. The summed E-state index contributed by atoms with van der Waals surface area (Å²) in [6, 6.07) is -0.299. The highest BCUT2D eigenvalue weighted by atomic mass is 32.1. The number of rotatable bonds is 3. The first kappa shape index (κ1) is 14.3. The zero-order valence-corrected chi connectivity index (χ0v) is 12.1. The molecule has 1 aromatic heterocycles. The minimum Gasteiger partial charge on any atom is -0.388 e. The second kappa shape index (κ2) is 6.34. The smallest absolute Gasteiger partial charge is 0.321 e. The second-order valence-corrected chi connectivity index (χ2v) is 6.46. The number of carbonyl (C=O) groups is 1. The summed E-state index contributed by atoms with van der Waals surface area (Å²) in [5, 5.41) is 16.4. The fourth-order valence-electron chi connectivity index (χ4n) is 2.36. The summed E-state index contributed by atoms with van der Waals surface area (Å²) in [6.45, 7) is 2.25. The molecule has 2 rings (SSSR count). The van der Waals surface area contributed by atoms with Gasteiger partial charge in [0.1, 0.15) is 0 Å². The topological polar surface area (TPSA) is 74.2 Å². The monoisotopic (exact) mass is 283 g/mol. The Kier molecular flexibility index (Phi) is 4.76. The lowest BCUT2D eigenvalue weighted by Crippen LogP contribution is -2.44. The van der Waals surface area contributed by atoms with Crippen molar-refractivity contribution in [3.05, 3.63) is 11.1 Å². The Balaban J connectivity index is 1.79. The van der Waals surface area contributed by atoms with Crippen LogP contribution >= 0.6 is 11.3 Å². The summed E-state index contributed by atoms with van der Waals surface area (Å²) in [7, 11) is 0. The van der Waals surface area contributed by atoms with Crippen LogP contribution in [0.3, 0.4) is 0 Å². The molecule has 3 N–H and O–H groups in total. The van der Waals surface area contributed by atoms with Crippen LogP contribution in [0.5, 0.6) is 0 Å². The first-order valence-electron chi connectivity index (χ1n) is 6.77. The van der Waals surface area contributed by atoms with Crippen LogP contribution in [0, 0.1) is 6.92 Å². The van der Waals surface area contributed by atoms with E-state index in [-0.39, 0.29) is 6.03 Å². The van der Waals surface area contributed by atoms with E-state index >= 15 is 0 Å². The van der Waals surface area contributed by atoms with Gasteiger partial charge in [0.25, 0.3) is 0 Å². The molecular weight excluding hydrogens is 262 g/mol. The van der Waals surface area contributed by atoms with Gasteiger partial charge in [-0.1, -0.05) is 25.7 Å². The normalized spacial score (nSPS) is 18.6. The van der Waals surface area contributed by atoms with Crippen molar-refractivity contribution in [2.45, 2.75) is 51.0 Å². The molecule has 0 aromatic carbocycles. The maximum absolute atomic E-state index is 11.7. The number of aryl methyl sites for hydroxylation is 1. The maximum Gasteiger partial charge on any atom is 0.321 e. The van der Waals surface area contributed by atoms with Crippen molar-refractivity contribution >= 4 is 22.5 Å². The molecule has 1 aliphatic carbocycles. The number of thiazole rings is 1. The highest BCUT2D eigenvalue weighted by Gasteiger charge is 2.28.